The van der Waals surface area contributed by atoms with Gasteiger partial charge in [-0.3, -0.25) is 0 Å². The summed E-state index contributed by atoms with van der Waals surface area (Å²) in [6, 6.07) is 0. The molecule has 0 spiro atoms. The summed E-state index contributed by atoms with van der Waals surface area (Å²) >= 11 is 0. The van der Waals surface area contributed by atoms with Crippen LogP contribution in [0.2, 0.25) is 0 Å². The molecule has 0 bridgehead atoms. The lowest BCUT2D eigenvalue weighted by molar-refractivity contribution is 0.118. The average Bonchev–Trinajstić information content (AvgIpc) is 2.63. The molecule has 0 radical (unpaired) electrons. The third-order valence-corrected chi connectivity index (χ3v) is 6.70. The van der Waals surface area contributed by atoms with Crippen LogP contribution in [-0.2, 0) is 8.85 Å². The van der Waals surface area contributed by atoms with E-state index in [2.05, 4.69) is 34.3 Å². The molecule has 2 unspecified atom stereocenters. The fraction of sp³-hybridized carbons (Fsp3) is 1.00. The monoisotopic (exact) mass is 372 g/mol. The molecule has 2 atom stereocenters. The fourth-order valence-electron chi connectivity index (χ4n) is 3.51. The van der Waals surface area contributed by atoms with Crippen molar-refractivity contribution < 1.29 is 8.85 Å². The van der Waals surface area contributed by atoms with E-state index < -0.39 is 10.0 Å². The summed E-state index contributed by atoms with van der Waals surface area (Å²) in [5.41, 5.74) is 0. The van der Waals surface area contributed by atoms with Gasteiger partial charge in [-0.15, -0.1) is 0 Å². The average molecular weight is 373 g/mol. The van der Waals surface area contributed by atoms with E-state index in [0.717, 1.165) is 39.0 Å². The summed E-state index contributed by atoms with van der Waals surface area (Å²) in [7, 11) is -0.833. The number of hydrogen-bond acceptors (Lipinski definition) is 6. The molecular weight excluding hydrogens is 332 g/mol. The van der Waals surface area contributed by atoms with Gasteiger partial charge in [-0.1, -0.05) is 0 Å². The standard InChI is InChI=1S/C18H40N4O2Si/c1-17(5-3-11-21-13-7-19-8-14-21)23-25-24-18(2)6-4-12-22-15-9-20-10-16-22/h17-20H,3-16,25H2,1-2H3. The first-order valence-electron chi connectivity index (χ1n) is 10.3. The van der Waals surface area contributed by atoms with Gasteiger partial charge in [0.15, 0.2) is 0 Å². The molecule has 25 heavy (non-hydrogen) atoms. The largest absolute Gasteiger partial charge is 0.396 e. The molecule has 0 amide bonds. The minimum absolute atomic E-state index is 0.350. The van der Waals surface area contributed by atoms with Crippen molar-refractivity contribution in [2.45, 2.75) is 51.7 Å². The van der Waals surface area contributed by atoms with Crippen LogP contribution >= 0.6 is 0 Å². The van der Waals surface area contributed by atoms with Crippen molar-refractivity contribution in [2.75, 3.05) is 65.4 Å². The van der Waals surface area contributed by atoms with Crippen molar-refractivity contribution in [3.8, 4) is 0 Å². The Bertz CT molecular complexity index is 296. The molecule has 2 aliphatic heterocycles. The normalized spacial score (nSPS) is 23.3. The van der Waals surface area contributed by atoms with Gasteiger partial charge in [0.1, 0.15) is 0 Å². The van der Waals surface area contributed by atoms with E-state index >= 15 is 0 Å². The summed E-state index contributed by atoms with van der Waals surface area (Å²) in [4.78, 5) is 5.11. The predicted molar refractivity (Wildman–Crippen MR) is 107 cm³/mol. The number of piperazine rings is 2. The molecule has 0 saturated carbocycles. The minimum atomic E-state index is -0.833. The van der Waals surface area contributed by atoms with E-state index in [0.29, 0.717) is 12.2 Å². The lowest BCUT2D eigenvalue weighted by atomic mass is 10.2. The van der Waals surface area contributed by atoms with Gasteiger partial charge in [-0.2, -0.15) is 0 Å². The molecule has 0 aliphatic carbocycles. The van der Waals surface area contributed by atoms with Gasteiger partial charge >= 0.3 is 10.0 Å². The summed E-state index contributed by atoms with van der Waals surface area (Å²) in [5.74, 6) is 0. The van der Waals surface area contributed by atoms with Gasteiger partial charge in [0.2, 0.25) is 0 Å². The Morgan fingerprint density at radius 1 is 0.760 bits per heavy atom. The van der Waals surface area contributed by atoms with E-state index in [1.54, 1.807) is 0 Å². The molecule has 0 aromatic carbocycles. The highest BCUT2D eigenvalue weighted by Crippen LogP contribution is 2.07. The van der Waals surface area contributed by atoms with Crippen LogP contribution in [0.1, 0.15) is 39.5 Å². The third-order valence-electron chi connectivity index (χ3n) is 5.29. The first kappa shape index (κ1) is 21.3. The second kappa shape index (κ2) is 13.2. The van der Waals surface area contributed by atoms with E-state index in [9.17, 15) is 0 Å². The van der Waals surface area contributed by atoms with E-state index in [1.807, 2.05) is 0 Å². The molecule has 148 valence electrons. The Morgan fingerprint density at radius 2 is 1.16 bits per heavy atom. The second-order valence-electron chi connectivity index (χ2n) is 7.54. The van der Waals surface area contributed by atoms with Crippen molar-refractivity contribution >= 4 is 10.0 Å². The molecule has 2 aliphatic rings. The van der Waals surface area contributed by atoms with Crippen LogP contribution in [0.25, 0.3) is 0 Å². The van der Waals surface area contributed by atoms with Crippen molar-refractivity contribution in [2.24, 2.45) is 0 Å². The molecule has 2 rings (SSSR count). The molecule has 2 heterocycles. The van der Waals surface area contributed by atoms with E-state index in [-0.39, 0.29) is 0 Å². The summed E-state index contributed by atoms with van der Waals surface area (Å²) in [5, 5.41) is 6.81. The first-order chi connectivity index (χ1) is 12.2. The SMILES string of the molecule is CC(CCCN1CCNCC1)O[SiH2]OC(C)CCCN1CCNCC1. The van der Waals surface area contributed by atoms with Crippen molar-refractivity contribution in [3.63, 3.8) is 0 Å². The van der Waals surface area contributed by atoms with Crippen LogP contribution in [-0.4, -0.2) is 97.5 Å². The van der Waals surface area contributed by atoms with Crippen LogP contribution in [0.4, 0.5) is 0 Å². The Kier molecular flexibility index (Phi) is 11.2. The molecule has 0 aromatic rings. The topological polar surface area (TPSA) is 49.0 Å². The minimum Gasteiger partial charge on any atom is -0.396 e. The number of rotatable bonds is 12. The van der Waals surface area contributed by atoms with Gasteiger partial charge in [-0.25, -0.2) is 0 Å². The molecule has 2 saturated heterocycles. The quantitative estimate of drug-likeness (QED) is 0.476. The zero-order valence-corrected chi connectivity index (χ0v) is 17.9. The van der Waals surface area contributed by atoms with Crippen LogP contribution in [0.5, 0.6) is 0 Å². The van der Waals surface area contributed by atoms with E-state index in [1.165, 1.54) is 52.1 Å². The Morgan fingerprint density at radius 3 is 1.56 bits per heavy atom. The van der Waals surface area contributed by atoms with Crippen molar-refractivity contribution in [1.82, 2.24) is 20.4 Å². The zero-order chi connectivity index (χ0) is 17.7. The number of nitrogens with one attached hydrogen (secondary N) is 2. The van der Waals surface area contributed by atoms with Crippen molar-refractivity contribution in [3.05, 3.63) is 0 Å². The first-order valence-corrected chi connectivity index (χ1v) is 11.5. The van der Waals surface area contributed by atoms with Crippen molar-refractivity contribution in [1.29, 1.82) is 0 Å². The zero-order valence-electron chi connectivity index (χ0n) is 16.5. The molecular formula is C18H40N4O2Si. The second-order valence-corrected chi connectivity index (χ2v) is 8.44. The van der Waals surface area contributed by atoms with Gasteiger partial charge in [0.25, 0.3) is 0 Å². The maximum Gasteiger partial charge on any atom is 0.304 e. The van der Waals surface area contributed by atoms with Gasteiger partial charge < -0.3 is 29.3 Å². The van der Waals surface area contributed by atoms with Crippen LogP contribution in [0, 0.1) is 0 Å². The summed E-state index contributed by atoms with van der Waals surface area (Å²) in [6.45, 7) is 16.1. The van der Waals surface area contributed by atoms with Crippen LogP contribution in [0.15, 0.2) is 0 Å². The lowest BCUT2D eigenvalue weighted by Gasteiger charge is -2.27. The molecule has 2 fully saturated rings. The summed E-state index contributed by atoms with van der Waals surface area (Å²) in [6.07, 6.45) is 5.46. The highest BCUT2D eigenvalue weighted by atomic mass is 28.3. The predicted octanol–water partition coefficient (Wildman–Crippen LogP) is 0.166. The molecule has 2 N–H and O–H groups in total. The maximum absolute atomic E-state index is 5.97. The highest BCUT2D eigenvalue weighted by Gasteiger charge is 2.12. The van der Waals surface area contributed by atoms with Gasteiger partial charge in [-0.05, 0) is 52.6 Å². The van der Waals surface area contributed by atoms with E-state index in [4.69, 9.17) is 8.85 Å². The Labute approximate surface area is 157 Å². The van der Waals surface area contributed by atoms with Gasteiger partial charge in [0, 0.05) is 64.6 Å². The highest BCUT2D eigenvalue weighted by molar-refractivity contribution is 6.18. The Hall–Kier alpha value is -0.0231. The molecule has 0 aromatic heterocycles. The number of nitrogens with zero attached hydrogens (tertiary/aromatic N) is 2. The third kappa shape index (κ3) is 10.0. The van der Waals surface area contributed by atoms with Crippen LogP contribution < -0.4 is 10.6 Å². The molecule has 7 heteroatoms. The summed E-state index contributed by atoms with van der Waals surface area (Å²) < 4.78 is 11.9. The molecule has 6 nitrogen and oxygen atoms in total. The Balaban J connectivity index is 1.40. The smallest absolute Gasteiger partial charge is 0.304 e. The lowest BCUT2D eigenvalue weighted by Crippen LogP contribution is -2.43. The number of hydrogen-bond donors (Lipinski definition) is 2. The fourth-order valence-corrected chi connectivity index (χ4v) is 4.39. The maximum atomic E-state index is 5.97. The van der Waals surface area contributed by atoms with Crippen LogP contribution in [0.3, 0.4) is 0 Å². The van der Waals surface area contributed by atoms with Gasteiger partial charge in [0.05, 0.1) is 0 Å².